The van der Waals surface area contributed by atoms with Crippen molar-refractivity contribution in [3.8, 4) is 5.88 Å². The zero-order valence-electron chi connectivity index (χ0n) is 15.0. The fourth-order valence-corrected chi connectivity index (χ4v) is 3.16. The van der Waals surface area contributed by atoms with Crippen LogP contribution in [0.5, 0.6) is 5.88 Å². The van der Waals surface area contributed by atoms with Gasteiger partial charge in [0, 0.05) is 24.5 Å². The average Bonchev–Trinajstić information content (AvgIpc) is 3.14. The van der Waals surface area contributed by atoms with Crippen LogP contribution in [-0.2, 0) is 0 Å². The first-order valence-electron chi connectivity index (χ1n) is 9.31. The predicted octanol–water partition coefficient (Wildman–Crippen LogP) is 3.24. The number of carbonyl (C=O) groups excluding carboxylic acids is 1. The molecule has 0 aliphatic carbocycles. The van der Waals surface area contributed by atoms with Gasteiger partial charge < -0.3 is 15.0 Å². The number of unbranched alkanes of at least 4 members (excludes halogenated alkanes) is 1. The minimum Gasteiger partial charge on any atom is -0.478 e. The molecule has 2 heterocycles. The molecule has 1 N–H and O–H groups in total. The molecule has 1 fully saturated rings. The lowest BCUT2D eigenvalue weighted by Gasteiger charge is -2.15. The van der Waals surface area contributed by atoms with Crippen LogP contribution in [-0.4, -0.2) is 48.6 Å². The molecule has 25 heavy (non-hydrogen) atoms. The molecule has 2 aromatic rings. The minimum absolute atomic E-state index is 0.0573. The lowest BCUT2D eigenvalue weighted by atomic mass is 10.1. The summed E-state index contributed by atoms with van der Waals surface area (Å²) in [6.45, 7) is 6.61. The largest absolute Gasteiger partial charge is 0.478 e. The first-order chi connectivity index (χ1) is 12.3. The van der Waals surface area contributed by atoms with Gasteiger partial charge in [-0.15, -0.1) is 0 Å². The number of nitrogens with one attached hydrogen (secondary N) is 1. The highest BCUT2D eigenvalue weighted by atomic mass is 16.5. The zero-order valence-corrected chi connectivity index (χ0v) is 15.0. The van der Waals surface area contributed by atoms with Gasteiger partial charge in [0.25, 0.3) is 5.91 Å². The van der Waals surface area contributed by atoms with Gasteiger partial charge in [0.05, 0.1) is 17.7 Å². The molecule has 134 valence electrons. The van der Waals surface area contributed by atoms with Gasteiger partial charge in [-0.1, -0.05) is 31.5 Å². The van der Waals surface area contributed by atoms with Crippen molar-refractivity contribution in [3.05, 3.63) is 35.9 Å². The highest BCUT2D eigenvalue weighted by Crippen LogP contribution is 2.22. The Bertz CT molecular complexity index is 711. The van der Waals surface area contributed by atoms with Crippen molar-refractivity contribution >= 4 is 16.8 Å². The van der Waals surface area contributed by atoms with Crippen molar-refractivity contribution in [2.75, 3.05) is 32.8 Å². The Hall–Kier alpha value is -2.14. The first-order valence-corrected chi connectivity index (χ1v) is 9.31. The summed E-state index contributed by atoms with van der Waals surface area (Å²) in [6, 6.07) is 9.49. The van der Waals surface area contributed by atoms with Gasteiger partial charge in [-0.25, -0.2) is 4.98 Å². The van der Waals surface area contributed by atoms with Crippen LogP contribution >= 0.6 is 0 Å². The monoisotopic (exact) mass is 341 g/mol. The number of para-hydroxylation sites is 1. The van der Waals surface area contributed by atoms with E-state index in [1.165, 1.54) is 12.8 Å². The summed E-state index contributed by atoms with van der Waals surface area (Å²) in [5.41, 5.74) is 1.43. The molecule has 1 aromatic carbocycles. The van der Waals surface area contributed by atoms with Crippen molar-refractivity contribution in [1.82, 2.24) is 15.2 Å². The normalized spacial score (nSPS) is 14.8. The zero-order chi connectivity index (χ0) is 17.5. The van der Waals surface area contributed by atoms with E-state index in [9.17, 15) is 4.79 Å². The van der Waals surface area contributed by atoms with Gasteiger partial charge in [-0.3, -0.25) is 4.79 Å². The Balaban J connectivity index is 1.71. The SMILES string of the molecule is CCCCOc1cc(C(=O)NCCN2CCCC2)c2ccccc2n1. The second-order valence-electron chi connectivity index (χ2n) is 6.53. The quantitative estimate of drug-likeness (QED) is 0.749. The molecule has 3 rings (SSSR count). The lowest BCUT2D eigenvalue weighted by Crippen LogP contribution is -2.33. The second kappa shape index (κ2) is 8.81. The molecule has 0 radical (unpaired) electrons. The van der Waals surface area contributed by atoms with Gasteiger partial charge in [0.15, 0.2) is 0 Å². The van der Waals surface area contributed by atoms with E-state index < -0.39 is 0 Å². The fraction of sp³-hybridized carbons (Fsp3) is 0.500. The Morgan fingerprint density at radius 1 is 1.28 bits per heavy atom. The van der Waals surface area contributed by atoms with Crippen molar-refractivity contribution in [1.29, 1.82) is 0 Å². The number of likely N-dealkylation sites (tertiary alicyclic amines) is 1. The highest BCUT2D eigenvalue weighted by molar-refractivity contribution is 6.06. The Morgan fingerprint density at radius 2 is 2.08 bits per heavy atom. The predicted molar refractivity (Wildman–Crippen MR) is 100 cm³/mol. The van der Waals surface area contributed by atoms with Crippen LogP contribution in [0.4, 0.5) is 0 Å². The number of rotatable bonds is 8. The van der Waals surface area contributed by atoms with E-state index in [-0.39, 0.29) is 5.91 Å². The summed E-state index contributed by atoms with van der Waals surface area (Å²) >= 11 is 0. The summed E-state index contributed by atoms with van der Waals surface area (Å²) in [7, 11) is 0. The summed E-state index contributed by atoms with van der Waals surface area (Å²) in [5.74, 6) is 0.468. The molecule has 0 spiro atoms. The van der Waals surface area contributed by atoms with E-state index in [0.29, 0.717) is 24.6 Å². The molecule has 5 nitrogen and oxygen atoms in total. The molecule has 1 aliphatic rings. The van der Waals surface area contributed by atoms with Crippen LogP contribution in [0.25, 0.3) is 10.9 Å². The van der Waals surface area contributed by atoms with Crippen LogP contribution in [0.2, 0.25) is 0 Å². The maximum absolute atomic E-state index is 12.7. The van der Waals surface area contributed by atoms with E-state index >= 15 is 0 Å². The molecule has 0 atom stereocenters. The number of hydrogen-bond acceptors (Lipinski definition) is 4. The summed E-state index contributed by atoms with van der Waals surface area (Å²) in [5, 5.41) is 3.91. The van der Waals surface area contributed by atoms with E-state index in [1.807, 2.05) is 24.3 Å². The van der Waals surface area contributed by atoms with Gasteiger partial charge in [-0.2, -0.15) is 0 Å². The molecule has 1 saturated heterocycles. The van der Waals surface area contributed by atoms with Gasteiger partial charge in [-0.05, 0) is 38.4 Å². The first kappa shape index (κ1) is 17.7. The fourth-order valence-electron chi connectivity index (χ4n) is 3.16. The lowest BCUT2D eigenvalue weighted by molar-refractivity contribution is 0.0951. The number of fused-ring (bicyclic) bond motifs is 1. The number of aromatic nitrogens is 1. The molecule has 1 aromatic heterocycles. The topological polar surface area (TPSA) is 54.5 Å². The number of ether oxygens (including phenoxy) is 1. The Kier molecular flexibility index (Phi) is 6.23. The number of amides is 1. The van der Waals surface area contributed by atoms with Gasteiger partial charge in [0.2, 0.25) is 5.88 Å². The number of hydrogen-bond donors (Lipinski definition) is 1. The molecule has 1 amide bonds. The molecule has 0 unspecified atom stereocenters. The molecule has 1 aliphatic heterocycles. The van der Waals surface area contributed by atoms with Gasteiger partial charge in [0.1, 0.15) is 0 Å². The van der Waals surface area contributed by atoms with E-state index in [2.05, 4.69) is 22.1 Å². The molecular weight excluding hydrogens is 314 g/mol. The molecule has 5 heteroatoms. The smallest absolute Gasteiger partial charge is 0.252 e. The summed E-state index contributed by atoms with van der Waals surface area (Å²) < 4.78 is 5.73. The Morgan fingerprint density at radius 3 is 2.88 bits per heavy atom. The standard InChI is InChI=1S/C20H27N3O2/c1-2-3-14-25-19-15-17(16-8-4-5-9-18(16)22-19)20(24)21-10-13-23-11-6-7-12-23/h4-5,8-9,15H,2-3,6-7,10-14H2,1H3,(H,21,24). The van der Waals surface area contributed by atoms with Crippen molar-refractivity contribution in [2.45, 2.75) is 32.6 Å². The molecule has 0 saturated carbocycles. The van der Waals surface area contributed by atoms with E-state index in [1.54, 1.807) is 6.07 Å². The molecule has 0 bridgehead atoms. The van der Waals surface area contributed by atoms with Gasteiger partial charge >= 0.3 is 0 Å². The number of benzene rings is 1. The van der Waals surface area contributed by atoms with Crippen molar-refractivity contribution in [2.24, 2.45) is 0 Å². The number of pyridine rings is 1. The van der Waals surface area contributed by atoms with E-state index in [0.717, 1.165) is 43.4 Å². The molecular formula is C20H27N3O2. The van der Waals surface area contributed by atoms with Crippen LogP contribution in [0.1, 0.15) is 43.0 Å². The maximum Gasteiger partial charge on any atom is 0.252 e. The van der Waals surface area contributed by atoms with Crippen LogP contribution in [0.15, 0.2) is 30.3 Å². The van der Waals surface area contributed by atoms with Crippen molar-refractivity contribution in [3.63, 3.8) is 0 Å². The average molecular weight is 341 g/mol. The summed E-state index contributed by atoms with van der Waals surface area (Å²) in [4.78, 5) is 19.6. The van der Waals surface area contributed by atoms with E-state index in [4.69, 9.17) is 4.74 Å². The second-order valence-corrected chi connectivity index (χ2v) is 6.53. The third kappa shape index (κ3) is 4.69. The highest BCUT2D eigenvalue weighted by Gasteiger charge is 2.15. The minimum atomic E-state index is -0.0573. The van der Waals surface area contributed by atoms with Crippen molar-refractivity contribution < 1.29 is 9.53 Å². The number of nitrogens with zero attached hydrogens (tertiary/aromatic N) is 2. The summed E-state index contributed by atoms with van der Waals surface area (Å²) in [6.07, 6.45) is 4.58. The van der Waals surface area contributed by atoms with Crippen LogP contribution in [0.3, 0.4) is 0 Å². The number of carbonyl (C=O) groups is 1. The van der Waals surface area contributed by atoms with Crippen LogP contribution < -0.4 is 10.1 Å². The van der Waals surface area contributed by atoms with Crippen LogP contribution in [0, 0.1) is 0 Å². The third-order valence-electron chi connectivity index (χ3n) is 4.60. The maximum atomic E-state index is 12.7. The Labute approximate surface area is 149 Å². The third-order valence-corrected chi connectivity index (χ3v) is 4.60.